The second kappa shape index (κ2) is 6.83. The Labute approximate surface area is 212 Å². The molecule has 2 nitrogen and oxygen atoms in total. The van der Waals surface area contributed by atoms with Gasteiger partial charge in [0.25, 0.3) is 0 Å². The van der Waals surface area contributed by atoms with Gasteiger partial charge in [-0.15, -0.1) is 0 Å². The van der Waals surface area contributed by atoms with Crippen molar-refractivity contribution < 1.29 is 0 Å². The number of hydrogen-bond donors (Lipinski definition) is 0. The molecule has 2 heteroatoms. The molecule has 9 rings (SSSR count). The van der Waals surface area contributed by atoms with E-state index in [9.17, 15) is 0 Å². The zero-order valence-corrected chi connectivity index (χ0v) is 19.9. The summed E-state index contributed by atoms with van der Waals surface area (Å²) in [5.41, 5.74) is 8.48. The maximum Gasteiger partial charge on any atom is 0.146 e. The van der Waals surface area contributed by atoms with E-state index in [2.05, 4.69) is 120 Å². The number of fused-ring (bicyclic) bond motifs is 7. The second-order valence-electron chi connectivity index (χ2n) is 9.97. The SMILES string of the molecule is c1ccc(-c2ccc(-c3cccc4c5ccc6c7ccccc7c7ccnc8c7c6c5n8c34)cc2)cc1. The number of hydrogen-bond acceptors (Lipinski definition) is 1. The maximum absolute atomic E-state index is 4.98. The van der Waals surface area contributed by atoms with Gasteiger partial charge in [-0.2, -0.15) is 0 Å². The first kappa shape index (κ1) is 19.3. The van der Waals surface area contributed by atoms with Crippen molar-refractivity contribution in [1.29, 1.82) is 0 Å². The van der Waals surface area contributed by atoms with Gasteiger partial charge in [0.05, 0.1) is 11.0 Å². The van der Waals surface area contributed by atoms with E-state index in [4.69, 9.17) is 4.98 Å². The van der Waals surface area contributed by atoms with E-state index in [0.717, 1.165) is 5.65 Å². The van der Waals surface area contributed by atoms with Crippen LogP contribution in [0.4, 0.5) is 0 Å². The highest BCUT2D eigenvalue weighted by molar-refractivity contribution is 6.38. The van der Waals surface area contributed by atoms with Crippen LogP contribution in [0.2, 0.25) is 0 Å². The summed E-state index contributed by atoms with van der Waals surface area (Å²) in [6.45, 7) is 0. The number of nitrogens with zero attached hydrogens (tertiary/aromatic N) is 2. The van der Waals surface area contributed by atoms with Gasteiger partial charge < -0.3 is 0 Å². The predicted octanol–water partition coefficient (Wildman–Crippen LogP) is 9.31. The quantitative estimate of drug-likeness (QED) is 0.231. The standard InChI is InChI=1S/C35H20N2/c1-2-7-21(8-3-1)22-13-15-23(16-14-22)24-11-6-12-29-30-18-17-27-25-9-4-5-10-26(25)28-19-20-36-35-32(28)31(27)34(30)37(35)33(24)29/h1-20H. The van der Waals surface area contributed by atoms with Gasteiger partial charge in [0.2, 0.25) is 0 Å². The lowest BCUT2D eigenvalue weighted by atomic mass is 9.94. The molecule has 0 aliphatic heterocycles. The molecule has 0 aliphatic carbocycles. The Kier molecular flexibility index (Phi) is 3.56. The summed E-state index contributed by atoms with van der Waals surface area (Å²) >= 11 is 0. The molecule has 0 atom stereocenters. The Balaban J connectivity index is 1.43. The molecule has 3 heterocycles. The molecule has 0 radical (unpaired) electrons. The lowest BCUT2D eigenvalue weighted by molar-refractivity contribution is 1.27. The summed E-state index contributed by atoms with van der Waals surface area (Å²) in [6, 6.07) is 41.8. The Morgan fingerprint density at radius 2 is 1.03 bits per heavy atom. The fourth-order valence-corrected chi connectivity index (χ4v) is 6.59. The molecule has 0 unspecified atom stereocenters. The average Bonchev–Trinajstić information content (AvgIpc) is 3.50. The monoisotopic (exact) mass is 468 g/mol. The van der Waals surface area contributed by atoms with Crippen LogP contribution in [-0.2, 0) is 0 Å². The van der Waals surface area contributed by atoms with E-state index in [1.54, 1.807) is 0 Å². The zero-order valence-electron chi connectivity index (χ0n) is 19.9. The minimum Gasteiger partial charge on any atom is -0.292 e. The average molecular weight is 469 g/mol. The molecular formula is C35H20N2. The van der Waals surface area contributed by atoms with E-state index < -0.39 is 0 Å². The third kappa shape index (κ3) is 2.37. The fourth-order valence-electron chi connectivity index (χ4n) is 6.59. The van der Waals surface area contributed by atoms with Crippen LogP contribution in [0.1, 0.15) is 0 Å². The van der Waals surface area contributed by atoms with Crippen LogP contribution in [0.15, 0.2) is 121 Å². The molecular weight excluding hydrogens is 448 g/mol. The largest absolute Gasteiger partial charge is 0.292 e. The Bertz CT molecular complexity index is 2270. The zero-order chi connectivity index (χ0) is 24.1. The molecule has 170 valence electrons. The van der Waals surface area contributed by atoms with E-state index >= 15 is 0 Å². The van der Waals surface area contributed by atoms with Gasteiger partial charge in [-0.3, -0.25) is 4.40 Å². The highest BCUT2D eigenvalue weighted by Crippen LogP contribution is 2.47. The van der Waals surface area contributed by atoms with Crippen molar-refractivity contribution in [2.24, 2.45) is 0 Å². The summed E-state index contributed by atoms with van der Waals surface area (Å²) < 4.78 is 2.43. The number of pyridine rings is 1. The summed E-state index contributed by atoms with van der Waals surface area (Å²) in [7, 11) is 0. The van der Waals surface area contributed by atoms with E-state index in [1.165, 1.54) is 76.4 Å². The van der Waals surface area contributed by atoms with Crippen LogP contribution in [-0.4, -0.2) is 9.38 Å². The molecule has 0 saturated heterocycles. The third-order valence-electron chi connectivity index (χ3n) is 8.15. The Morgan fingerprint density at radius 3 is 1.84 bits per heavy atom. The molecule has 3 aromatic heterocycles. The Morgan fingerprint density at radius 1 is 0.405 bits per heavy atom. The summed E-state index contributed by atoms with van der Waals surface area (Å²) in [6.07, 6.45) is 1.97. The lowest BCUT2D eigenvalue weighted by Crippen LogP contribution is -1.88. The molecule has 0 N–H and O–H groups in total. The van der Waals surface area contributed by atoms with Gasteiger partial charge in [-0.25, -0.2) is 4.98 Å². The molecule has 0 spiro atoms. The second-order valence-corrected chi connectivity index (χ2v) is 9.97. The van der Waals surface area contributed by atoms with Gasteiger partial charge in [-0.1, -0.05) is 109 Å². The van der Waals surface area contributed by atoms with Crippen LogP contribution in [0.3, 0.4) is 0 Å². The number of para-hydroxylation sites is 1. The van der Waals surface area contributed by atoms with Crippen molar-refractivity contribution in [1.82, 2.24) is 9.38 Å². The van der Waals surface area contributed by atoms with Crippen molar-refractivity contribution in [3.8, 4) is 22.3 Å². The highest BCUT2D eigenvalue weighted by Gasteiger charge is 2.24. The van der Waals surface area contributed by atoms with Crippen molar-refractivity contribution in [3.05, 3.63) is 121 Å². The van der Waals surface area contributed by atoms with Gasteiger partial charge in [0.15, 0.2) is 0 Å². The first-order valence-corrected chi connectivity index (χ1v) is 12.7. The first-order chi connectivity index (χ1) is 18.4. The summed E-state index contributed by atoms with van der Waals surface area (Å²) in [5.74, 6) is 0. The fraction of sp³-hybridized carbons (Fsp3) is 0. The van der Waals surface area contributed by atoms with E-state index in [0.29, 0.717) is 0 Å². The molecule has 9 aromatic rings. The van der Waals surface area contributed by atoms with Crippen LogP contribution < -0.4 is 0 Å². The first-order valence-electron chi connectivity index (χ1n) is 12.7. The van der Waals surface area contributed by atoms with E-state index in [1.807, 2.05) is 6.20 Å². The molecule has 0 fully saturated rings. The highest BCUT2D eigenvalue weighted by atomic mass is 15.0. The number of benzene rings is 6. The van der Waals surface area contributed by atoms with Gasteiger partial charge in [-0.05, 0) is 44.3 Å². The summed E-state index contributed by atoms with van der Waals surface area (Å²) in [5, 5.41) is 10.4. The normalized spacial score (nSPS) is 12.3. The van der Waals surface area contributed by atoms with Crippen molar-refractivity contribution in [2.75, 3.05) is 0 Å². The third-order valence-corrected chi connectivity index (χ3v) is 8.15. The predicted molar refractivity (Wildman–Crippen MR) is 156 cm³/mol. The molecule has 0 aliphatic rings. The van der Waals surface area contributed by atoms with Crippen LogP contribution in [0.25, 0.3) is 82.0 Å². The molecule has 0 saturated carbocycles. The topological polar surface area (TPSA) is 17.3 Å². The number of rotatable bonds is 2. The minimum atomic E-state index is 1.04. The van der Waals surface area contributed by atoms with Crippen molar-refractivity contribution in [3.63, 3.8) is 0 Å². The molecule has 37 heavy (non-hydrogen) atoms. The number of aromatic nitrogens is 2. The summed E-state index contributed by atoms with van der Waals surface area (Å²) in [4.78, 5) is 4.98. The molecule has 0 amide bonds. The Hall–Kier alpha value is -4.95. The van der Waals surface area contributed by atoms with Crippen molar-refractivity contribution in [2.45, 2.75) is 0 Å². The molecule has 0 bridgehead atoms. The smallest absolute Gasteiger partial charge is 0.146 e. The maximum atomic E-state index is 4.98. The van der Waals surface area contributed by atoms with Crippen LogP contribution in [0.5, 0.6) is 0 Å². The molecule has 6 aromatic carbocycles. The van der Waals surface area contributed by atoms with E-state index in [-0.39, 0.29) is 0 Å². The van der Waals surface area contributed by atoms with Crippen molar-refractivity contribution >= 4 is 59.8 Å². The van der Waals surface area contributed by atoms with Gasteiger partial charge in [0, 0.05) is 33.3 Å². The van der Waals surface area contributed by atoms with Gasteiger partial charge >= 0.3 is 0 Å². The lowest BCUT2D eigenvalue weighted by Gasteiger charge is -2.09. The van der Waals surface area contributed by atoms with Gasteiger partial charge in [0.1, 0.15) is 5.65 Å². The minimum absolute atomic E-state index is 1.04. The van der Waals surface area contributed by atoms with Crippen LogP contribution in [0, 0.1) is 0 Å². The van der Waals surface area contributed by atoms with Crippen LogP contribution >= 0.6 is 0 Å².